The summed E-state index contributed by atoms with van der Waals surface area (Å²) in [7, 11) is 0. The third kappa shape index (κ3) is 2.84. The van der Waals surface area contributed by atoms with Gasteiger partial charge in [-0.25, -0.2) is 4.98 Å². The maximum atomic E-state index is 5.58. The van der Waals surface area contributed by atoms with Crippen LogP contribution in [0.3, 0.4) is 0 Å². The van der Waals surface area contributed by atoms with Crippen LogP contribution in [-0.4, -0.2) is 11.5 Å². The molecule has 1 aromatic rings. The van der Waals surface area contributed by atoms with Crippen molar-refractivity contribution in [2.45, 2.75) is 6.92 Å². The van der Waals surface area contributed by atoms with E-state index >= 15 is 0 Å². The van der Waals surface area contributed by atoms with Gasteiger partial charge in [-0.3, -0.25) is 5.43 Å². The standard InChI is InChI=1S/C7H9ClN4/c1-2-10-12-11-6-3-4-7(8)9-5-6/h3-5H,2H2,1H3,(H,10,11). The van der Waals surface area contributed by atoms with E-state index in [9.17, 15) is 0 Å². The largest absolute Gasteiger partial charge is 0.259 e. The second-order valence-electron chi connectivity index (χ2n) is 2.04. The number of aromatic nitrogens is 1. The summed E-state index contributed by atoms with van der Waals surface area (Å²) in [5.74, 6) is 0. The molecule has 4 nitrogen and oxygen atoms in total. The molecule has 0 bridgehead atoms. The van der Waals surface area contributed by atoms with E-state index in [1.165, 1.54) is 0 Å². The minimum absolute atomic E-state index is 0.466. The Kier molecular flexibility index (Phi) is 3.47. The molecule has 1 heterocycles. The lowest BCUT2D eigenvalue weighted by molar-refractivity contribution is 0.962. The number of pyridine rings is 1. The Morgan fingerprint density at radius 3 is 3.00 bits per heavy atom. The van der Waals surface area contributed by atoms with E-state index < -0.39 is 0 Å². The SMILES string of the molecule is CCN=NNc1ccc(Cl)nc1. The molecule has 0 aliphatic rings. The highest BCUT2D eigenvalue weighted by Gasteiger charge is 1.89. The topological polar surface area (TPSA) is 49.6 Å². The minimum atomic E-state index is 0.466. The van der Waals surface area contributed by atoms with Crippen LogP contribution < -0.4 is 5.43 Å². The Hall–Kier alpha value is -1.16. The molecule has 0 aromatic carbocycles. The monoisotopic (exact) mass is 184 g/mol. The number of nitrogens with one attached hydrogen (secondary N) is 1. The molecular weight excluding hydrogens is 176 g/mol. The van der Waals surface area contributed by atoms with Gasteiger partial charge in [0.2, 0.25) is 0 Å². The average Bonchev–Trinajstić information content (AvgIpc) is 2.09. The zero-order valence-electron chi connectivity index (χ0n) is 6.66. The van der Waals surface area contributed by atoms with Crippen molar-refractivity contribution < 1.29 is 0 Å². The molecule has 0 unspecified atom stereocenters. The van der Waals surface area contributed by atoms with E-state index in [-0.39, 0.29) is 0 Å². The quantitative estimate of drug-likeness (QED) is 0.446. The molecule has 1 aromatic heterocycles. The van der Waals surface area contributed by atoms with Gasteiger partial charge in [-0.1, -0.05) is 16.8 Å². The van der Waals surface area contributed by atoms with E-state index in [1.807, 2.05) is 6.92 Å². The smallest absolute Gasteiger partial charge is 0.129 e. The fourth-order valence-corrected chi connectivity index (χ4v) is 0.718. The van der Waals surface area contributed by atoms with Crippen molar-refractivity contribution in [2.24, 2.45) is 10.3 Å². The number of anilines is 1. The van der Waals surface area contributed by atoms with Gasteiger partial charge < -0.3 is 0 Å². The van der Waals surface area contributed by atoms with E-state index in [4.69, 9.17) is 11.6 Å². The lowest BCUT2D eigenvalue weighted by Gasteiger charge is -1.96. The second kappa shape index (κ2) is 4.66. The molecule has 0 aliphatic heterocycles. The van der Waals surface area contributed by atoms with Crippen LogP contribution in [-0.2, 0) is 0 Å². The van der Waals surface area contributed by atoms with Crippen molar-refractivity contribution in [3.63, 3.8) is 0 Å². The van der Waals surface area contributed by atoms with Crippen molar-refractivity contribution in [3.05, 3.63) is 23.5 Å². The van der Waals surface area contributed by atoms with Gasteiger partial charge in [-0.2, -0.15) is 5.11 Å². The predicted octanol–water partition coefficient (Wildman–Crippen LogP) is 2.53. The van der Waals surface area contributed by atoms with Crippen LogP contribution in [0.2, 0.25) is 5.15 Å². The normalized spacial score (nSPS) is 10.5. The molecular formula is C7H9ClN4. The molecule has 1 rings (SSSR count). The van der Waals surface area contributed by atoms with Gasteiger partial charge in [0.1, 0.15) is 5.15 Å². The summed E-state index contributed by atoms with van der Waals surface area (Å²) >= 11 is 5.58. The van der Waals surface area contributed by atoms with E-state index in [2.05, 4.69) is 20.7 Å². The molecule has 64 valence electrons. The molecule has 0 amide bonds. The Morgan fingerprint density at radius 1 is 1.58 bits per heavy atom. The number of hydrogen-bond donors (Lipinski definition) is 1. The third-order valence-electron chi connectivity index (χ3n) is 1.12. The molecule has 0 radical (unpaired) electrons. The Bertz CT molecular complexity index is 257. The van der Waals surface area contributed by atoms with Crippen molar-refractivity contribution in [2.75, 3.05) is 12.0 Å². The van der Waals surface area contributed by atoms with Crippen molar-refractivity contribution >= 4 is 17.3 Å². The van der Waals surface area contributed by atoms with Crippen LogP contribution in [0.4, 0.5) is 5.69 Å². The van der Waals surface area contributed by atoms with Gasteiger partial charge in [0.25, 0.3) is 0 Å². The molecule has 0 spiro atoms. The maximum absolute atomic E-state index is 5.58. The molecule has 12 heavy (non-hydrogen) atoms. The summed E-state index contributed by atoms with van der Waals surface area (Å²) in [6, 6.07) is 3.47. The summed E-state index contributed by atoms with van der Waals surface area (Å²) in [5.41, 5.74) is 3.48. The van der Waals surface area contributed by atoms with Crippen LogP contribution in [0.5, 0.6) is 0 Å². The van der Waals surface area contributed by atoms with Crippen LogP contribution in [0.15, 0.2) is 28.7 Å². The molecule has 0 atom stereocenters. The Labute approximate surface area is 75.7 Å². The second-order valence-corrected chi connectivity index (χ2v) is 2.43. The van der Waals surface area contributed by atoms with E-state index in [0.29, 0.717) is 11.7 Å². The molecule has 0 aliphatic carbocycles. The highest BCUT2D eigenvalue weighted by Crippen LogP contribution is 2.09. The lowest BCUT2D eigenvalue weighted by atomic mass is 10.4. The van der Waals surface area contributed by atoms with E-state index in [0.717, 1.165) is 5.69 Å². The number of halogens is 1. The first-order chi connectivity index (χ1) is 5.83. The predicted molar refractivity (Wildman–Crippen MR) is 48.3 cm³/mol. The molecule has 0 fully saturated rings. The summed E-state index contributed by atoms with van der Waals surface area (Å²) in [4.78, 5) is 3.86. The maximum Gasteiger partial charge on any atom is 0.129 e. The van der Waals surface area contributed by atoms with Crippen LogP contribution in [0.25, 0.3) is 0 Å². The third-order valence-corrected chi connectivity index (χ3v) is 1.34. The Balaban J connectivity index is 2.53. The first kappa shape index (κ1) is 8.93. The molecule has 5 heteroatoms. The first-order valence-electron chi connectivity index (χ1n) is 3.57. The zero-order chi connectivity index (χ0) is 8.81. The molecule has 0 saturated carbocycles. The van der Waals surface area contributed by atoms with Gasteiger partial charge in [-0.05, 0) is 19.1 Å². The van der Waals surface area contributed by atoms with Crippen molar-refractivity contribution in [1.29, 1.82) is 0 Å². The fourth-order valence-electron chi connectivity index (χ4n) is 0.606. The van der Waals surface area contributed by atoms with Gasteiger partial charge in [-0.15, -0.1) is 0 Å². The summed E-state index contributed by atoms with van der Waals surface area (Å²) in [6.07, 6.45) is 1.59. The number of hydrogen-bond acceptors (Lipinski definition) is 3. The van der Waals surface area contributed by atoms with Gasteiger partial charge >= 0.3 is 0 Å². The highest BCUT2D eigenvalue weighted by atomic mass is 35.5. The summed E-state index contributed by atoms with van der Waals surface area (Å²) in [6.45, 7) is 2.57. The van der Waals surface area contributed by atoms with Gasteiger partial charge in [0.15, 0.2) is 0 Å². The van der Waals surface area contributed by atoms with Crippen molar-refractivity contribution in [1.82, 2.24) is 4.98 Å². The number of rotatable bonds is 3. The van der Waals surface area contributed by atoms with Crippen LogP contribution in [0, 0.1) is 0 Å². The molecule has 0 saturated heterocycles. The summed E-state index contributed by atoms with van der Waals surface area (Å²) in [5, 5.41) is 7.89. The minimum Gasteiger partial charge on any atom is -0.259 e. The van der Waals surface area contributed by atoms with Crippen LogP contribution in [0.1, 0.15) is 6.92 Å². The first-order valence-corrected chi connectivity index (χ1v) is 3.95. The van der Waals surface area contributed by atoms with Crippen LogP contribution >= 0.6 is 11.6 Å². The average molecular weight is 185 g/mol. The van der Waals surface area contributed by atoms with Gasteiger partial charge in [0.05, 0.1) is 18.4 Å². The zero-order valence-corrected chi connectivity index (χ0v) is 7.41. The Morgan fingerprint density at radius 2 is 2.42 bits per heavy atom. The lowest BCUT2D eigenvalue weighted by Crippen LogP contribution is -1.87. The van der Waals surface area contributed by atoms with E-state index in [1.54, 1.807) is 18.3 Å². The van der Waals surface area contributed by atoms with Gasteiger partial charge in [0, 0.05) is 0 Å². The number of nitrogens with zero attached hydrogens (tertiary/aromatic N) is 3. The van der Waals surface area contributed by atoms with Crippen molar-refractivity contribution in [3.8, 4) is 0 Å². The highest BCUT2D eigenvalue weighted by molar-refractivity contribution is 6.29. The fraction of sp³-hybridized carbons (Fsp3) is 0.286. The summed E-state index contributed by atoms with van der Waals surface area (Å²) < 4.78 is 0. The molecule has 1 N–H and O–H groups in total.